The van der Waals surface area contributed by atoms with Crippen LogP contribution in [-0.4, -0.2) is 13.3 Å². The molecule has 10 heavy (non-hydrogen) atoms. The quantitative estimate of drug-likeness (QED) is 0.464. The molecule has 2 heteroatoms. The van der Waals surface area contributed by atoms with Crippen molar-refractivity contribution < 1.29 is 0 Å². The molecule has 0 heterocycles. The van der Waals surface area contributed by atoms with E-state index in [-0.39, 0.29) is 0 Å². The molecule has 56 valence electrons. The maximum absolute atomic E-state index is 3.59. The lowest BCUT2D eigenvalue weighted by Gasteiger charge is -2.00. The third kappa shape index (κ3) is 3.89. The van der Waals surface area contributed by atoms with Crippen LogP contribution in [0.15, 0.2) is 29.0 Å². The van der Waals surface area contributed by atoms with Gasteiger partial charge in [0.15, 0.2) is 0 Å². The molecule has 0 bridgehead atoms. The molecule has 0 aliphatic heterocycles. The van der Waals surface area contributed by atoms with Gasteiger partial charge in [0, 0.05) is 18.4 Å². The molecule has 0 aliphatic rings. The van der Waals surface area contributed by atoms with Crippen molar-refractivity contribution in [2.24, 2.45) is 4.99 Å². The van der Waals surface area contributed by atoms with Gasteiger partial charge in [-0.15, -0.1) is 0 Å². The van der Waals surface area contributed by atoms with Gasteiger partial charge in [-0.05, 0) is 26.6 Å². The fourth-order valence-corrected chi connectivity index (χ4v) is 0.594. The summed E-state index contributed by atoms with van der Waals surface area (Å²) in [5.41, 5.74) is 1.08. The zero-order valence-electron chi connectivity index (χ0n) is 6.59. The van der Waals surface area contributed by atoms with Gasteiger partial charge < -0.3 is 5.32 Å². The van der Waals surface area contributed by atoms with Gasteiger partial charge in [0.25, 0.3) is 0 Å². The summed E-state index contributed by atoms with van der Waals surface area (Å²) in [5.74, 6) is 0. The molecule has 0 aromatic carbocycles. The van der Waals surface area contributed by atoms with Crippen LogP contribution < -0.4 is 5.32 Å². The van der Waals surface area contributed by atoms with E-state index in [9.17, 15) is 0 Å². The molecular weight excluding hydrogens is 124 g/mol. The van der Waals surface area contributed by atoms with E-state index in [1.165, 1.54) is 0 Å². The SMILES string of the molecule is C=N/C=C\C(=C/C)NCC. The van der Waals surface area contributed by atoms with Crippen LogP contribution in [0.4, 0.5) is 0 Å². The summed E-state index contributed by atoms with van der Waals surface area (Å²) in [6.07, 6.45) is 5.54. The van der Waals surface area contributed by atoms with Crippen molar-refractivity contribution in [2.75, 3.05) is 6.54 Å². The van der Waals surface area contributed by atoms with Crippen LogP contribution in [-0.2, 0) is 0 Å². The normalized spacial score (nSPS) is 12.0. The topological polar surface area (TPSA) is 24.4 Å². The molecule has 0 rings (SSSR count). The first-order valence-corrected chi connectivity index (χ1v) is 3.37. The minimum Gasteiger partial charge on any atom is -0.386 e. The highest BCUT2D eigenvalue weighted by Gasteiger charge is 1.82. The Labute approximate surface area is 62.4 Å². The average molecular weight is 138 g/mol. The lowest BCUT2D eigenvalue weighted by atomic mass is 10.4. The van der Waals surface area contributed by atoms with Crippen LogP contribution >= 0.6 is 0 Å². The number of nitrogens with one attached hydrogen (secondary N) is 1. The van der Waals surface area contributed by atoms with Crippen molar-refractivity contribution in [3.05, 3.63) is 24.0 Å². The van der Waals surface area contributed by atoms with Gasteiger partial charge in [-0.2, -0.15) is 0 Å². The third-order valence-electron chi connectivity index (χ3n) is 1.05. The van der Waals surface area contributed by atoms with Crippen LogP contribution in [0.25, 0.3) is 0 Å². The molecule has 0 unspecified atom stereocenters. The Morgan fingerprint density at radius 3 is 2.80 bits per heavy atom. The maximum Gasteiger partial charge on any atom is 0.0312 e. The van der Waals surface area contributed by atoms with Gasteiger partial charge in [0.05, 0.1) is 0 Å². The van der Waals surface area contributed by atoms with E-state index in [0.29, 0.717) is 0 Å². The lowest BCUT2D eigenvalue weighted by Crippen LogP contribution is -2.09. The monoisotopic (exact) mass is 138 g/mol. The smallest absolute Gasteiger partial charge is 0.0312 e. The molecule has 0 saturated carbocycles. The summed E-state index contributed by atoms with van der Waals surface area (Å²) < 4.78 is 0. The van der Waals surface area contributed by atoms with E-state index < -0.39 is 0 Å². The Kier molecular flexibility index (Phi) is 5.44. The Morgan fingerprint density at radius 1 is 1.70 bits per heavy atom. The van der Waals surface area contributed by atoms with Crippen LogP contribution in [0.5, 0.6) is 0 Å². The number of hydrogen-bond donors (Lipinski definition) is 1. The van der Waals surface area contributed by atoms with E-state index in [1.807, 2.05) is 19.1 Å². The number of allylic oxidation sites excluding steroid dienone is 2. The number of aliphatic imine (C=N–C) groups is 1. The van der Waals surface area contributed by atoms with Gasteiger partial charge in [-0.1, -0.05) is 6.08 Å². The van der Waals surface area contributed by atoms with Crippen LogP contribution in [0.3, 0.4) is 0 Å². The molecule has 0 amide bonds. The maximum atomic E-state index is 3.59. The van der Waals surface area contributed by atoms with Crippen LogP contribution in [0.2, 0.25) is 0 Å². The summed E-state index contributed by atoms with van der Waals surface area (Å²) >= 11 is 0. The predicted octanol–water partition coefficient (Wildman–Crippen LogP) is 1.71. The predicted molar refractivity (Wildman–Crippen MR) is 46.1 cm³/mol. The zero-order valence-corrected chi connectivity index (χ0v) is 6.59. The van der Waals surface area contributed by atoms with Gasteiger partial charge in [-0.25, -0.2) is 0 Å². The molecule has 0 radical (unpaired) electrons. The van der Waals surface area contributed by atoms with Crippen molar-refractivity contribution in [2.45, 2.75) is 13.8 Å². The van der Waals surface area contributed by atoms with Crippen molar-refractivity contribution >= 4 is 6.72 Å². The molecule has 0 aromatic rings. The largest absolute Gasteiger partial charge is 0.386 e. The van der Waals surface area contributed by atoms with E-state index in [0.717, 1.165) is 12.2 Å². The van der Waals surface area contributed by atoms with Gasteiger partial charge in [-0.3, -0.25) is 4.99 Å². The second kappa shape index (κ2) is 6.08. The lowest BCUT2D eigenvalue weighted by molar-refractivity contribution is 0.876. The second-order valence-corrected chi connectivity index (χ2v) is 1.77. The highest BCUT2D eigenvalue weighted by Crippen LogP contribution is 1.90. The molecule has 0 aliphatic carbocycles. The number of likely N-dealkylation sites (N-methyl/N-ethyl adjacent to an activating group) is 1. The van der Waals surface area contributed by atoms with E-state index in [2.05, 4.69) is 24.0 Å². The van der Waals surface area contributed by atoms with Gasteiger partial charge in [0.2, 0.25) is 0 Å². The van der Waals surface area contributed by atoms with Crippen LogP contribution in [0.1, 0.15) is 13.8 Å². The molecule has 2 nitrogen and oxygen atoms in total. The average Bonchev–Trinajstić information content (AvgIpc) is 1.98. The number of hydrogen-bond acceptors (Lipinski definition) is 2. The van der Waals surface area contributed by atoms with Crippen molar-refractivity contribution in [3.8, 4) is 0 Å². The Bertz CT molecular complexity index is 145. The fraction of sp³-hybridized carbons (Fsp3) is 0.375. The minimum absolute atomic E-state index is 0.932. The Morgan fingerprint density at radius 2 is 2.40 bits per heavy atom. The summed E-state index contributed by atoms with van der Waals surface area (Å²) in [6.45, 7) is 8.30. The second-order valence-electron chi connectivity index (χ2n) is 1.77. The van der Waals surface area contributed by atoms with E-state index in [1.54, 1.807) is 6.20 Å². The first-order chi connectivity index (χ1) is 4.85. The van der Waals surface area contributed by atoms with Crippen molar-refractivity contribution in [1.82, 2.24) is 5.32 Å². The van der Waals surface area contributed by atoms with Gasteiger partial charge >= 0.3 is 0 Å². The first kappa shape index (κ1) is 8.95. The Balaban J connectivity index is 3.84. The molecular formula is C8H14N2. The fourth-order valence-electron chi connectivity index (χ4n) is 0.594. The highest BCUT2D eigenvalue weighted by molar-refractivity contribution is 5.27. The molecule has 0 saturated heterocycles. The molecule has 0 atom stereocenters. The van der Waals surface area contributed by atoms with Crippen LogP contribution in [0, 0.1) is 0 Å². The summed E-state index contributed by atoms with van der Waals surface area (Å²) in [5, 5.41) is 3.15. The first-order valence-electron chi connectivity index (χ1n) is 3.37. The zero-order chi connectivity index (χ0) is 7.82. The summed E-state index contributed by atoms with van der Waals surface area (Å²) in [7, 11) is 0. The van der Waals surface area contributed by atoms with E-state index >= 15 is 0 Å². The molecule has 1 N–H and O–H groups in total. The molecule has 0 aromatic heterocycles. The molecule has 0 spiro atoms. The summed E-state index contributed by atoms with van der Waals surface area (Å²) in [6, 6.07) is 0. The molecule has 0 fully saturated rings. The Hall–Kier alpha value is -1.05. The number of nitrogens with zero attached hydrogens (tertiary/aromatic N) is 1. The standard InChI is InChI=1S/C8H14N2/c1-4-8(10-5-2)6-7-9-3/h4,6-7,10H,3,5H2,1-2H3/b7-6-,8-4+. The number of rotatable bonds is 4. The third-order valence-corrected chi connectivity index (χ3v) is 1.05. The minimum atomic E-state index is 0.932. The van der Waals surface area contributed by atoms with E-state index in [4.69, 9.17) is 0 Å². The summed E-state index contributed by atoms with van der Waals surface area (Å²) in [4.78, 5) is 3.59. The van der Waals surface area contributed by atoms with Gasteiger partial charge in [0.1, 0.15) is 0 Å². The van der Waals surface area contributed by atoms with Crippen molar-refractivity contribution in [3.63, 3.8) is 0 Å². The highest BCUT2D eigenvalue weighted by atomic mass is 14.9. The van der Waals surface area contributed by atoms with Crippen molar-refractivity contribution in [1.29, 1.82) is 0 Å².